The van der Waals surface area contributed by atoms with Gasteiger partial charge in [0, 0.05) is 24.1 Å². The Morgan fingerprint density at radius 1 is 1.00 bits per heavy atom. The van der Waals surface area contributed by atoms with E-state index in [9.17, 15) is 19.5 Å². The molecule has 0 spiro atoms. The number of Topliss-reactive ketones (excluding diaryl/α,β-unsaturated/α-hetero) is 1. The number of aliphatic hydroxyl groups excluding tert-OH is 1. The van der Waals surface area contributed by atoms with E-state index in [4.69, 9.17) is 21.7 Å². The first kappa shape index (κ1) is 42.5. The Morgan fingerprint density at radius 2 is 1.55 bits per heavy atom. The topological polar surface area (TPSA) is 93.1 Å². The van der Waals surface area contributed by atoms with Crippen LogP contribution in [0, 0.1) is 11.3 Å². The largest absolute Gasteiger partial charge is 0.453 e. The molecule has 1 rings (SSSR count). The Balaban J connectivity index is 0.00000590. The molecule has 0 heterocycles. The van der Waals surface area contributed by atoms with E-state index in [-0.39, 0.29) is 23.8 Å². The molecule has 1 N–H and O–H groups in total. The van der Waals surface area contributed by atoms with Gasteiger partial charge in [0.2, 0.25) is 11.7 Å². The quantitative estimate of drug-likeness (QED) is 0.110. The van der Waals surface area contributed by atoms with Gasteiger partial charge >= 0.3 is 5.97 Å². The third-order valence-electron chi connectivity index (χ3n) is 6.98. The maximum Gasteiger partial charge on any atom is 0.335 e. The van der Waals surface area contributed by atoms with Crippen LogP contribution in [0.4, 0.5) is 0 Å². The molecule has 0 saturated carbocycles. The highest BCUT2D eigenvalue weighted by atomic mass is 32.2. The van der Waals surface area contributed by atoms with Crippen LogP contribution in [-0.2, 0) is 30.3 Å². The number of ether oxygens (including phenoxy) is 2. The molecule has 44 heavy (non-hydrogen) atoms. The fourth-order valence-electron chi connectivity index (χ4n) is 4.45. The number of thiocarbonyl (C=S) groups is 1. The molecule has 0 bridgehead atoms. The number of thioether (sulfide) groups is 2. The number of benzene rings is 1. The molecule has 0 aromatic heterocycles. The van der Waals surface area contributed by atoms with Crippen molar-refractivity contribution >= 4 is 56.9 Å². The number of aliphatic hydroxyl groups is 1. The zero-order valence-corrected chi connectivity index (χ0v) is 31.5. The van der Waals surface area contributed by atoms with Crippen LogP contribution in [0.25, 0.3) is 0 Å². The van der Waals surface area contributed by atoms with Crippen LogP contribution in [0.5, 0.6) is 0 Å². The van der Waals surface area contributed by atoms with Crippen LogP contribution < -0.4 is 0 Å². The zero-order valence-electron chi connectivity index (χ0n) is 29.0. The van der Waals surface area contributed by atoms with Gasteiger partial charge in [0.25, 0.3) is 0 Å². The van der Waals surface area contributed by atoms with E-state index in [1.807, 2.05) is 32.2 Å². The predicted molar refractivity (Wildman–Crippen MR) is 190 cm³/mol. The monoisotopic (exact) mass is 671 g/mol. The van der Waals surface area contributed by atoms with Gasteiger partial charge in [0.15, 0.2) is 6.10 Å². The molecule has 252 valence electrons. The highest BCUT2D eigenvalue weighted by Crippen LogP contribution is 2.43. The average Bonchev–Trinajstić information content (AvgIpc) is 2.93. The van der Waals surface area contributed by atoms with Gasteiger partial charge in [-0.25, -0.2) is 4.79 Å². The first-order valence-corrected chi connectivity index (χ1v) is 17.7. The van der Waals surface area contributed by atoms with Crippen molar-refractivity contribution in [1.82, 2.24) is 4.90 Å². The molecule has 0 aliphatic carbocycles. The minimum absolute atomic E-state index is 0.102. The van der Waals surface area contributed by atoms with Crippen molar-refractivity contribution in [1.29, 1.82) is 0 Å². The van der Waals surface area contributed by atoms with Gasteiger partial charge in [-0.3, -0.25) is 9.59 Å². The van der Waals surface area contributed by atoms with Gasteiger partial charge in [-0.2, -0.15) is 0 Å². The van der Waals surface area contributed by atoms with E-state index in [1.54, 1.807) is 18.7 Å². The Hall–Kier alpha value is -1.46. The molecule has 1 aromatic rings. The summed E-state index contributed by atoms with van der Waals surface area (Å²) >= 11 is 8.71. The maximum atomic E-state index is 13.6. The van der Waals surface area contributed by atoms with Crippen LogP contribution >= 0.6 is 35.7 Å². The number of ketones is 1. The number of carbonyl (C=O) groups is 3. The summed E-state index contributed by atoms with van der Waals surface area (Å²) < 4.78 is 11.1. The SMILES string of the molecule is CCC.CCN(C)C(=O)C(CC(C)(C)Cc1ccccc1)C(C)(C)SC(=S)SCCOC(C)(C)C(=O)[C@@H](C)OC(=O)[C@@H](C)O. The molecule has 0 aliphatic heterocycles. The summed E-state index contributed by atoms with van der Waals surface area (Å²) in [5.74, 6) is -0.851. The minimum atomic E-state index is -1.30. The van der Waals surface area contributed by atoms with Crippen LogP contribution in [0.2, 0.25) is 0 Å². The Kier molecular flexibility index (Phi) is 19.3. The first-order chi connectivity index (χ1) is 20.2. The van der Waals surface area contributed by atoms with Crippen LogP contribution in [0.1, 0.15) is 94.6 Å². The number of amides is 1. The standard InChI is InChI=1S/C31H49NO6S3.C3H8/c1-11-32(10)26(35)24(20-29(4,5)19-23-15-13-12-14-16-23)31(8,9)41-28(39)40-18-17-37-30(6,7)25(34)22(3)38-27(36)21(2)33;1-3-2/h12-16,21-22,24,33H,11,17-20H2,1-10H3;3H2,1-2H3/t21-,22-,24?;/m1./s1. The molecular formula is C34H57NO6S3. The number of hydrogen-bond acceptors (Lipinski definition) is 9. The molecule has 1 amide bonds. The van der Waals surface area contributed by atoms with Crippen molar-refractivity contribution in [2.75, 3.05) is 26.0 Å². The number of esters is 1. The van der Waals surface area contributed by atoms with E-state index in [0.29, 0.717) is 15.8 Å². The number of nitrogens with zero attached hydrogens (tertiary/aromatic N) is 1. The van der Waals surface area contributed by atoms with Crippen molar-refractivity contribution in [2.24, 2.45) is 11.3 Å². The fraction of sp³-hybridized carbons (Fsp3) is 0.706. The van der Waals surface area contributed by atoms with E-state index >= 15 is 0 Å². The second-order valence-electron chi connectivity index (χ2n) is 12.9. The van der Waals surface area contributed by atoms with Gasteiger partial charge in [-0.05, 0) is 72.3 Å². The molecule has 10 heteroatoms. The second-order valence-corrected chi connectivity index (χ2v) is 16.9. The molecule has 1 unspecified atom stereocenters. The second kappa shape index (κ2) is 19.9. The maximum absolute atomic E-state index is 13.6. The van der Waals surface area contributed by atoms with Gasteiger partial charge in [-0.15, -0.1) is 23.5 Å². The van der Waals surface area contributed by atoms with E-state index in [1.165, 1.54) is 49.4 Å². The molecule has 3 atom stereocenters. The van der Waals surface area contributed by atoms with Crippen molar-refractivity contribution in [2.45, 2.75) is 118 Å². The summed E-state index contributed by atoms with van der Waals surface area (Å²) in [4.78, 5) is 39.7. The minimum Gasteiger partial charge on any atom is -0.453 e. The number of rotatable bonds is 16. The predicted octanol–water partition coefficient (Wildman–Crippen LogP) is 7.36. The van der Waals surface area contributed by atoms with E-state index in [0.717, 1.165) is 12.8 Å². The Morgan fingerprint density at radius 3 is 2.05 bits per heavy atom. The zero-order chi connectivity index (χ0) is 34.3. The fourth-order valence-corrected chi connectivity index (χ4v) is 7.56. The third-order valence-corrected chi connectivity index (χ3v) is 9.77. The van der Waals surface area contributed by atoms with Crippen LogP contribution in [0.3, 0.4) is 0 Å². The van der Waals surface area contributed by atoms with Crippen LogP contribution in [-0.4, -0.2) is 79.7 Å². The van der Waals surface area contributed by atoms with Crippen LogP contribution in [0.15, 0.2) is 30.3 Å². The molecule has 1 aromatic carbocycles. The molecule has 0 radical (unpaired) electrons. The summed E-state index contributed by atoms with van der Waals surface area (Å²) in [6.07, 6.45) is 0.491. The molecule has 0 aliphatic rings. The van der Waals surface area contributed by atoms with E-state index in [2.05, 4.69) is 53.7 Å². The van der Waals surface area contributed by atoms with Crippen molar-refractivity contribution in [3.05, 3.63) is 35.9 Å². The summed E-state index contributed by atoms with van der Waals surface area (Å²) in [5.41, 5.74) is -0.0317. The third kappa shape index (κ3) is 15.7. The lowest BCUT2D eigenvalue weighted by Crippen LogP contribution is -2.45. The number of hydrogen-bond donors (Lipinski definition) is 1. The lowest BCUT2D eigenvalue weighted by Gasteiger charge is -2.39. The van der Waals surface area contributed by atoms with Gasteiger partial charge < -0.3 is 19.5 Å². The summed E-state index contributed by atoms with van der Waals surface area (Å²) in [5, 5.41) is 9.32. The highest BCUT2D eigenvalue weighted by molar-refractivity contribution is 8.47. The van der Waals surface area contributed by atoms with Crippen molar-refractivity contribution in [3.63, 3.8) is 0 Å². The highest BCUT2D eigenvalue weighted by Gasteiger charge is 2.41. The van der Waals surface area contributed by atoms with Gasteiger partial charge in [-0.1, -0.05) is 76.7 Å². The smallest absolute Gasteiger partial charge is 0.335 e. The summed E-state index contributed by atoms with van der Waals surface area (Å²) in [6.45, 7) is 21.7. The van der Waals surface area contributed by atoms with Crippen molar-refractivity contribution < 1.29 is 29.0 Å². The number of carbonyl (C=O) groups excluding carboxylic acids is 3. The Labute approximate surface area is 281 Å². The van der Waals surface area contributed by atoms with E-state index < -0.39 is 34.3 Å². The van der Waals surface area contributed by atoms with Gasteiger partial charge in [0.05, 0.1) is 12.5 Å². The van der Waals surface area contributed by atoms with Gasteiger partial charge in [0.1, 0.15) is 15.2 Å². The Bertz CT molecular complexity index is 1040. The first-order valence-electron chi connectivity index (χ1n) is 15.5. The normalized spacial score (nSPS) is 14.0. The molecule has 0 saturated heterocycles. The molecule has 0 fully saturated rings. The lowest BCUT2D eigenvalue weighted by atomic mass is 9.74. The molecular weight excluding hydrogens is 615 g/mol. The molecule has 7 nitrogen and oxygen atoms in total. The average molecular weight is 672 g/mol. The lowest BCUT2D eigenvalue weighted by molar-refractivity contribution is -0.167. The summed E-state index contributed by atoms with van der Waals surface area (Å²) in [7, 11) is 1.85. The van der Waals surface area contributed by atoms with Crippen molar-refractivity contribution in [3.8, 4) is 0 Å². The summed E-state index contributed by atoms with van der Waals surface area (Å²) in [6, 6.07) is 10.4.